The highest BCUT2D eigenvalue weighted by atomic mass is 32.1. The van der Waals surface area contributed by atoms with Crippen LogP contribution in [-0.4, -0.2) is 30.8 Å². The van der Waals surface area contributed by atoms with Crippen LogP contribution in [0.5, 0.6) is 0 Å². The lowest BCUT2D eigenvalue weighted by Crippen LogP contribution is -2.27. The third-order valence-electron chi connectivity index (χ3n) is 5.15. The van der Waals surface area contributed by atoms with E-state index in [2.05, 4.69) is 76.0 Å². The number of rotatable bonds is 9. The van der Waals surface area contributed by atoms with Gasteiger partial charge >= 0.3 is 0 Å². The van der Waals surface area contributed by atoms with Crippen molar-refractivity contribution >= 4 is 12.2 Å². The van der Waals surface area contributed by atoms with E-state index in [9.17, 15) is 0 Å². The zero-order valence-electron chi connectivity index (χ0n) is 17.8. The molecule has 0 N–H and O–H groups in total. The van der Waals surface area contributed by atoms with Gasteiger partial charge in [0, 0.05) is 24.5 Å². The molecule has 0 radical (unpaired) electrons. The summed E-state index contributed by atoms with van der Waals surface area (Å²) in [7, 11) is 0. The molecule has 0 fully saturated rings. The fourth-order valence-electron chi connectivity index (χ4n) is 3.70. The van der Waals surface area contributed by atoms with Crippen molar-refractivity contribution < 1.29 is 0 Å². The Morgan fingerprint density at radius 3 is 2.26 bits per heavy atom. The van der Waals surface area contributed by atoms with Gasteiger partial charge in [0.25, 0.3) is 0 Å². The van der Waals surface area contributed by atoms with Crippen molar-refractivity contribution in [3.63, 3.8) is 0 Å². The molecule has 0 aliphatic carbocycles. The first-order valence-corrected chi connectivity index (χ1v) is 11.0. The topological polar surface area (TPSA) is 38.9 Å². The van der Waals surface area contributed by atoms with E-state index in [1.54, 1.807) is 6.20 Å². The summed E-state index contributed by atoms with van der Waals surface area (Å²) in [4.78, 5) is 6.67. The molecule has 6 heteroatoms. The minimum atomic E-state index is 0.649. The maximum absolute atomic E-state index is 5.90. The highest BCUT2D eigenvalue weighted by Gasteiger charge is 2.16. The van der Waals surface area contributed by atoms with Crippen LogP contribution in [0.2, 0.25) is 0 Å². The number of hydrogen-bond acceptors (Lipinski definition) is 4. The van der Waals surface area contributed by atoms with Crippen LogP contribution in [0, 0.1) is 4.77 Å². The van der Waals surface area contributed by atoms with E-state index in [0.29, 0.717) is 13.2 Å². The highest BCUT2D eigenvalue weighted by molar-refractivity contribution is 7.71. The van der Waals surface area contributed by atoms with Gasteiger partial charge in [-0.25, -0.2) is 4.68 Å². The molecule has 0 saturated carbocycles. The van der Waals surface area contributed by atoms with Gasteiger partial charge in [0.05, 0.1) is 13.2 Å². The molecule has 4 rings (SSSR count). The van der Waals surface area contributed by atoms with Crippen molar-refractivity contribution in [2.75, 3.05) is 6.54 Å². The number of hydrogen-bond donors (Lipinski definition) is 0. The van der Waals surface area contributed by atoms with Crippen LogP contribution >= 0.6 is 12.2 Å². The second-order valence-corrected chi connectivity index (χ2v) is 7.96. The van der Waals surface area contributed by atoms with E-state index >= 15 is 0 Å². The molecule has 0 atom stereocenters. The monoisotopic (exact) mass is 429 g/mol. The van der Waals surface area contributed by atoms with Crippen LogP contribution in [0.25, 0.3) is 11.4 Å². The third kappa shape index (κ3) is 5.34. The van der Waals surface area contributed by atoms with Gasteiger partial charge in [0.1, 0.15) is 0 Å². The van der Waals surface area contributed by atoms with Crippen LogP contribution in [0.1, 0.15) is 24.5 Å². The van der Waals surface area contributed by atoms with Crippen molar-refractivity contribution in [3.05, 3.63) is 101 Å². The Bertz CT molecular complexity index is 1140. The number of pyridine rings is 1. The predicted molar refractivity (Wildman–Crippen MR) is 127 cm³/mol. The molecule has 2 aromatic carbocycles. The maximum atomic E-state index is 5.90. The zero-order chi connectivity index (χ0) is 21.5. The van der Waals surface area contributed by atoms with Crippen molar-refractivity contribution in [2.24, 2.45) is 0 Å². The van der Waals surface area contributed by atoms with E-state index < -0.39 is 0 Å². The van der Waals surface area contributed by atoms with Crippen molar-refractivity contribution in [1.82, 2.24) is 24.2 Å². The number of nitrogens with zero attached hydrogens (tertiary/aromatic N) is 5. The van der Waals surface area contributed by atoms with Gasteiger partial charge in [-0.1, -0.05) is 67.6 Å². The summed E-state index contributed by atoms with van der Waals surface area (Å²) in [6, 6.07) is 24.9. The van der Waals surface area contributed by atoms with Gasteiger partial charge < -0.3 is 0 Å². The van der Waals surface area contributed by atoms with Crippen LogP contribution in [-0.2, 0) is 19.8 Å². The molecule has 2 heterocycles. The smallest absolute Gasteiger partial charge is 0.199 e. The van der Waals surface area contributed by atoms with E-state index in [1.807, 2.05) is 29.1 Å². The molecule has 2 aromatic heterocycles. The van der Waals surface area contributed by atoms with Gasteiger partial charge in [-0.2, -0.15) is 5.10 Å². The van der Waals surface area contributed by atoms with Crippen molar-refractivity contribution in [2.45, 2.75) is 33.1 Å². The summed E-state index contributed by atoms with van der Waals surface area (Å²) >= 11 is 5.90. The average molecular weight is 430 g/mol. The Morgan fingerprint density at radius 2 is 1.61 bits per heavy atom. The van der Waals surface area contributed by atoms with Crippen molar-refractivity contribution in [1.29, 1.82) is 0 Å². The molecule has 4 aromatic rings. The standard InChI is InChI=1S/C25H27N5S/c1-2-16-28(18-21-10-5-3-6-11-21)20-30-25(31)29(19-22-12-7-4-8-13-22)24(27-30)23-14-9-15-26-17-23/h3-15,17H,2,16,18-20H2,1H3. The third-order valence-corrected chi connectivity index (χ3v) is 5.58. The molecule has 0 aliphatic heterocycles. The summed E-state index contributed by atoms with van der Waals surface area (Å²) in [6.07, 6.45) is 4.69. The summed E-state index contributed by atoms with van der Waals surface area (Å²) in [5.41, 5.74) is 3.45. The average Bonchev–Trinajstić information content (AvgIpc) is 3.11. The zero-order valence-corrected chi connectivity index (χ0v) is 18.6. The largest absolute Gasteiger partial charge is 0.295 e. The quantitative estimate of drug-likeness (QED) is 0.334. The molecule has 0 aliphatic rings. The van der Waals surface area contributed by atoms with Gasteiger partial charge in [-0.05, 0) is 48.4 Å². The Hall–Kier alpha value is -3.09. The second kappa shape index (κ2) is 10.3. The first kappa shape index (κ1) is 21.2. The Kier molecular flexibility index (Phi) is 7.02. The molecule has 0 saturated heterocycles. The molecule has 31 heavy (non-hydrogen) atoms. The van der Waals surface area contributed by atoms with Crippen LogP contribution in [0.15, 0.2) is 85.2 Å². The Morgan fingerprint density at radius 1 is 0.903 bits per heavy atom. The summed E-state index contributed by atoms with van der Waals surface area (Å²) in [6.45, 7) is 5.37. The Balaban J connectivity index is 1.67. The fourth-order valence-corrected chi connectivity index (χ4v) is 3.95. The molecular formula is C25H27N5S. The van der Waals surface area contributed by atoms with E-state index in [1.165, 1.54) is 11.1 Å². The maximum Gasteiger partial charge on any atom is 0.199 e. The molecule has 5 nitrogen and oxygen atoms in total. The minimum Gasteiger partial charge on any atom is -0.295 e. The first-order valence-electron chi connectivity index (χ1n) is 10.6. The predicted octanol–water partition coefficient (Wildman–Crippen LogP) is 5.39. The lowest BCUT2D eigenvalue weighted by Gasteiger charge is -2.21. The molecule has 158 valence electrons. The lowest BCUT2D eigenvalue weighted by molar-refractivity contribution is 0.197. The Labute approximate surface area is 188 Å². The molecule has 0 spiro atoms. The molecule has 0 unspecified atom stereocenters. The SMILES string of the molecule is CCCN(Cc1ccccc1)Cn1nc(-c2cccnc2)n(Cc2ccccc2)c1=S. The summed E-state index contributed by atoms with van der Waals surface area (Å²) < 4.78 is 4.77. The fraction of sp³-hybridized carbons (Fsp3) is 0.240. The van der Waals surface area contributed by atoms with Gasteiger partial charge in [-0.3, -0.25) is 14.5 Å². The number of aromatic nitrogens is 4. The first-order chi connectivity index (χ1) is 15.2. The van der Waals surface area contributed by atoms with Crippen LogP contribution in [0.4, 0.5) is 0 Å². The van der Waals surface area contributed by atoms with Gasteiger partial charge in [0.2, 0.25) is 0 Å². The van der Waals surface area contributed by atoms with E-state index in [-0.39, 0.29) is 0 Å². The van der Waals surface area contributed by atoms with Crippen LogP contribution < -0.4 is 0 Å². The second-order valence-electron chi connectivity index (χ2n) is 7.60. The molecule has 0 amide bonds. The highest BCUT2D eigenvalue weighted by Crippen LogP contribution is 2.19. The normalized spacial score (nSPS) is 11.2. The van der Waals surface area contributed by atoms with E-state index in [0.717, 1.165) is 35.7 Å². The minimum absolute atomic E-state index is 0.649. The molecule has 0 bridgehead atoms. The van der Waals surface area contributed by atoms with Gasteiger partial charge in [-0.15, -0.1) is 0 Å². The number of benzene rings is 2. The van der Waals surface area contributed by atoms with Crippen LogP contribution in [0.3, 0.4) is 0 Å². The van der Waals surface area contributed by atoms with Gasteiger partial charge in [0.15, 0.2) is 10.6 Å². The summed E-state index contributed by atoms with van der Waals surface area (Å²) in [5.74, 6) is 0.845. The lowest BCUT2D eigenvalue weighted by atomic mass is 10.2. The summed E-state index contributed by atoms with van der Waals surface area (Å²) in [5, 5.41) is 4.93. The molecular weight excluding hydrogens is 402 g/mol. The van der Waals surface area contributed by atoms with Crippen molar-refractivity contribution in [3.8, 4) is 11.4 Å². The van der Waals surface area contributed by atoms with E-state index in [4.69, 9.17) is 17.3 Å².